The Bertz CT molecular complexity index is 354. The monoisotopic (exact) mass is 250 g/mol. The molecule has 0 aliphatic heterocycles. The van der Waals surface area contributed by atoms with Crippen LogP contribution < -0.4 is 4.74 Å². The van der Waals surface area contributed by atoms with Crippen molar-refractivity contribution in [3.63, 3.8) is 0 Å². The zero-order valence-corrected chi connectivity index (χ0v) is 9.09. The number of esters is 1. The Morgan fingerprint density at radius 3 is 2.73 bits per heavy atom. The van der Waals surface area contributed by atoms with Gasteiger partial charge in [0, 0.05) is 5.02 Å². The van der Waals surface area contributed by atoms with Gasteiger partial charge in [-0.25, -0.2) is 4.79 Å². The van der Waals surface area contributed by atoms with Crippen LogP contribution in [0.3, 0.4) is 0 Å². The zero-order valence-electron chi connectivity index (χ0n) is 7.57. The largest absolute Gasteiger partial charge is 0.480 e. The number of hydrogen-bond acceptors (Lipinski definition) is 4. The molecule has 82 valence electrons. The second-order valence-corrected chi connectivity index (χ2v) is 3.35. The summed E-state index contributed by atoms with van der Waals surface area (Å²) in [5.74, 6) is -0.348. The molecule has 0 unspecified atom stereocenters. The van der Waals surface area contributed by atoms with Crippen LogP contribution in [-0.2, 0) is 9.53 Å². The van der Waals surface area contributed by atoms with E-state index in [-0.39, 0.29) is 6.61 Å². The van der Waals surface area contributed by atoms with Crippen molar-refractivity contribution >= 4 is 29.2 Å². The molecule has 1 aromatic rings. The van der Waals surface area contributed by atoms with Crippen molar-refractivity contribution in [3.8, 4) is 5.75 Å². The number of aliphatic hydroxyl groups is 1. The van der Waals surface area contributed by atoms with Crippen LogP contribution in [0.2, 0.25) is 10.0 Å². The molecule has 0 heterocycles. The first kappa shape index (κ1) is 12.1. The van der Waals surface area contributed by atoms with Gasteiger partial charge in [0.15, 0.2) is 13.4 Å². The van der Waals surface area contributed by atoms with Gasteiger partial charge in [0.2, 0.25) is 0 Å². The lowest BCUT2D eigenvalue weighted by molar-refractivity contribution is -0.154. The summed E-state index contributed by atoms with van der Waals surface area (Å²) >= 11 is 11.4. The normalized spacial score (nSPS) is 9.80. The van der Waals surface area contributed by atoms with Crippen molar-refractivity contribution in [2.75, 3.05) is 13.4 Å². The van der Waals surface area contributed by atoms with Gasteiger partial charge in [-0.05, 0) is 18.2 Å². The Balaban J connectivity index is 2.54. The Morgan fingerprint density at radius 2 is 2.13 bits per heavy atom. The van der Waals surface area contributed by atoms with Gasteiger partial charge in [-0.15, -0.1) is 0 Å². The van der Waals surface area contributed by atoms with E-state index in [2.05, 4.69) is 4.74 Å². The number of carbonyl (C=O) groups is 1. The molecule has 1 rings (SSSR count). The van der Waals surface area contributed by atoms with E-state index in [0.717, 1.165) is 0 Å². The third kappa shape index (κ3) is 3.95. The first-order chi connectivity index (χ1) is 7.13. The third-order valence-corrected chi connectivity index (χ3v) is 2.00. The highest BCUT2D eigenvalue weighted by atomic mass is 35.5. The van der Waals surface area contributed by atoms with Crippen molar-refractivity contribution < 1.29 is 19.4 Å². The number of ether oxygens (including phenoxy) is 2. The van der Waals surface area contributed by atoms with Crippen LogP contribution in [0.4, 0.5) is 0 Å². The summed E-state index contributed by atoms with van der Waals surface area (Å²) in [6, 6.07) is 4.62. The quantitative estimate of drug-likeness (QED) is 0.655. The molecule has 0 aromatic heterocycles. The summed E-state index contributed by atoms with van der Waals surface area (Å²) in [5, 5.41) is 9.06. The number of halogens is 2. The molecule has 1 N–H and O–H groups in total. The fourth-order valence-corrected chi connectivity index (χ4v) is 1.31. The van der Waals surface area contributed by atoms with Crippen LogP contribution in [0.25, 0.3) is 0 Å². The number of aliphatic hydroxyl groups excluding tert-OH is 1. The maximum absolute atomic E-state index is 10.8. The van der Waals surface area contributed by atoms with Gasteiger partial charge in [0.25, 0.3) is 0 Å². The van der Waals surface area contributed by atoms with Crippen LogP contribution in [-0.4, -0.2) is 24.5 Å². The molecule has 0 aliphatic rings. The molecule has 1 aromatic carbocycles. The predicted molar refractivity (Wildman–Crippen MR) is 55.1 cm³/mol. The van der Waals surface area contributed by atoms with E-state index in [0.29, 0.717) is 15.8 Å². The van der Waals surface area contributed by atoms with Gasteiger partial charge in [-0.1, -0.05) is 23.2 Å². The van der Waals surface area contributed by atoms with Crippen LogP contribution >= 0.6 is 23.2 Å². The number of rotatable bonds is 4. The van der Waals surface area contributed by atoms with E-state index in [1.54, 1.807) is 6.07 Å². The molecule has 0 saturated carbocycles. The fourth-order valence-electron chi connectivity index (χ4n) is 0.843. The van der Waals surface area contributed by atoms with Gasteiger partial charge < -0.3 is 14.6 Å². The maximum Gasteiger partial charge on any atom is 0.346 e. The molecule has 0 fully saturated rings. The van der Waals surface area contributed by atoms with Crippen molar-refractivity contribution in [1.29, 1.82) is 0 Å². The molecule has 0 atom stereocenters. The molecule has 4 nitrogen and oxygen atoms in total. The summed E-state index contributed by atoms with van der Waals surface area (Å²) in [7, 11) is 0. The van der Waals surface area contributed by atoms with E-state index in [4.69, 9.17) is 33.0 Å². The molecule has 15 heavy (non-hydrogen) atoms. The van der Waals surface area contributed by atoms with Crippen molar-refractivity contribution in [3.05, 3.63) is 28.2 Å². The molecule has 0 bridgehead atoms. The summed E-state index contributed by atoms with van der Waals surface area (Å²) < 4.78 is 9.28. The van der Waals surface area contributed by atoms with Crippen LogP contribution in [0.1, 0.15) is 0 Å². The standard InChI is InChI=1S/C9H8Cl2O4/c10-6-1-2-8(7(11)3-6)14-4-9(13)15-5-12/h1-3,12H,4-5H2. The van der Waals surface area contributed by atoms with E-state index in [1.165, 1.54) is 12.1 Å². The zero-order chi connectivity index (χ0) is 11.3. The molecule has 0 amide bonds. The van der Waals surface area contributed by atoms with Gasteiger partial charge >= 0.3 is 5.97 Å². The van der Waals surface area contributed by atoms with E-state index >= 15 is 0 Å². The molecule has 6 heteroatoms. The number of benzene rings is 1. The van der Waals surface area contributed by atoms with E-state index < -0.39 is 12.8 Å². The lowest BCUT2D eigenvalue weighted by Gasteiger charge is -2.06. The fraction of sp³-hybridized carbons (Fsp3) is 0.222. The second-order valence-electron chi connectivity index (χ2n) is 2.51. The first-order valence-corrected chi connectivity index (χ1v) is 4.73. The highest BCUT2D eigenvalue weighted by Crippen LogP contribution is 2.27. The number of carbonyl (C=O) groups excluding carboxylic acids is 1. The average molecular weight is 251 g/mol. The Kier molecular flexibility index (Phi) is 4.68. The summed E-state index contributed by atoms with van der Waals surface area (Å²) in [6.45, 7) is -0.988. The summed E-state index contributed by atoms with van der Waals surface area (Å²) in [5.41, 5.74) is 0. The first-order valence-electron chi connectivity index (χ1n) is 3.98. The highest BCUT2D eigenvalue weighted by Gasteiger charge is 2.06. The molecular weight excluding hydrogens is 243 g/mol. The lowest BCUT2D eigenvalue weighted by Crippen LogP contribution is -2.15. The van der Waals surface area contributed by atoms with Gasteiger partial charge in [-0.3, -0.25) is 0 Å². The molecular formula is C9H8Cl2O4. The summed E-state index contributed by atoms with van der Waals surface area (Å²) in [6.07, 6.45) is 0. The van der Waals surface area contributed by atoms with E-state index in [1.807, 2.05) is 0 Å². The minimum atomic E-state index is -0.677. The smallest absolute Gasteiger partial charge is 0.346 e. The molecule has 0 saturated heterocycles. The van der Waals surface area contributed by atoms with Gasteiger partial charge in [-0.2, -0.15) is 0 Å². The second kappa shape index (κ2) is 5.80. The van der Waals surface area contributed by atoms with Gasteiger partial charge in [0.1, 0.15) is 5.75 Å². The maximum atomic E-state index is 10.8. The molecule has 0 radical (unpaired) electrons. The van der Waals surface area contributed by atoms with Crippen LogP contribution in [0, 0.1) is 0 Å². The highest BCUT2D eigenvalue weighted by molar-refractivity contribution is 6.35. The predicted octanol–water partition coefficient (Wildman–Crippen LogP) is 1.87. The SMILES string of the molecule is O=C(COc1ccc(Cl)cc1Cl)OCO. The molecule has 0 aliphatic carbocycles. The van der Waals surface area contributed by atoms with Gasteiger partial charge in [0.05, 0.1) is 5.02 Å². The van der Waals surface area contributed by atoms with Crippen LogP contribution in [0.5, 0.6) is 5.75 Å². The minimum Gasteiger partial charge on any atom is -0.480 e. The minimum absolute atomic E-state index is 0.305. The Morgan fingerprint density at radius 1 is 1.40 bits per heavy atom. The van der Waals surface area contributed by atoms with Crippen LogP contribution in [0.15, 0.2) is 18.2 Å². The lowest BCUT2D eigenvalue weighted by atomic mass is 10.3. The topological polar surface area (TPSA) is 55.8 Å². The summed E-state index contributed by atoms with van der Waals surface area (Å²) in [4.78, 5) is 10.8. The Labute approximate surface area is 96.3 Å². The molecule has 0 spiro atoms. The van der Waals surface area contributed by atoms with E-state index in [9.17, 15) is 4.79 Å². The third-order valence-electron chi connectivity index (χ3n) is 1.46. The Hall–Kier alpha value is -0.970. The number of hydrogen-bond donors (Lipinski definition) is 1. The van der Waals surface area contributed by atoms with Crippen molar-refractivity contribution in [2.45, 2.75) is 0 Å². The van der Waals surface area contributed by atoms with Crippen molar-refractivity contribution in [1.82, 2.24) is 0 Å². The van der Waals surface area contributed by atoms with Crippen molar-refractivity contribution in [2.24, 2.45) is 0 Å². The average Bonchev–Trinajstić information content (AvgIpc) is 2.17.